The first-order chi connectivity index (χ1) is 8.74. The van der Waals surface area contributed by atoms with Gasteiger partial charge in [0.05, 0.1) is 0 Å². The maximum atomic E-state index is 5.80. The summed E-state index contributed by atoms with van der Waals surface area (Å²) in [7, 11) is 0. The molecule has 2 rings (SSSR count). The molecule has 0 radical (unpaired) electrons. The van der Waals surface area contributed by atoms with Gasteiger partial charge in [-0.25, -0.2) is 4.98 Å². The number of aromatic nitrogens is 1. The molecule has 2 heterocycles. The third kappa shape index (κ3) is 3.22. The largest absolute Gasteiger partial charge is 0.354 e. The van der Waals surface area contributed by atoms with Crippen LogP contribution < -0.4 is 10.6 Å². The Hall–Kier alpha value is -0.650. The van der Waals surface area contributed by atoms with E-state index in [1.54, 1.807) is 0 Å². The molecule has 1 unspecified atom stereocenters. The molecule has 0 amide bonds. The van der Waals surface area contributed by atoms with E-state index >= 15 is 0 Å². The number of nitrogens with two attached hydrogens (primary N) is 1. The van der Waals surface area contributed by atoms with Crippen LogP contribution in [0.25, 0.3) is 0 Å². The normalized spacial score (nSPS) is 18.9. The lowest BCUT2D eigenvalue weighted by Crippen LogP contribution is -2.52. The maximum Gasteiger partial charge on any atom is 0.128 e. The fourth-order valence-electron chi connectivity index (χ4n) is 2.45. The molecule has 0 aromatic carbocycles. The highest BCUT2D eigenvalue weighted by Gasteiger charge is 2.22. The minimum atomic E-state index is 0.532. The minimum Gasteiger partial charge on any atom is -0.354 e. The molecule has 0 aliphatic carbocycles. The van der Waals surface area contributed by atoms with Crippen LogP contribution in [-0.4, -0.2) is 48.6 Å². The fraction of sp³-hybridized carbons (Fsp3) is 0.615. The van der Waals surface area contributed by atoms with E-state index in [0.717, 1.165) is 49.4 Å². The van der Waals surface area contributed by atoms with Crippen molar-refractivity contribution in [2.45, 2.75) is 19.4 Å². The molecule has 1 fully saturated rings. The molecule has 1 aliphatic heterocycles. The zero-order valence-corrected chi connectivity index (χ0v) is 12.4. The zero-order valence-electron chi connectivity index (χ0n) is 10.8. The van der Waals surface area contributed by atoms with Crippen molar-refractivity contribution in [1.29, 1.82) is 0 Å². The lowest BCUT2D eigenvalue weighted by atomic mass is 10.1. The van der Waals surface area contributed by atoms with Crippen LogP contribution in [0.1, 0.15) is 13.3 Å². The van der Waals surface area contributed by atoms with Gasteiger partial charge in [0.2, 0.25) is 0 Å². The fourth-order valence-corrected chi connectivity index (χ4v) is 2.68. The third-order valence-corrected chi connectivity index (χ3v) is 4.08. The van der Waals surface area contributed by atoms with Crippen molar-refractivity contribution in [2.24, 2.45) is 5.73 Å². The second-order valence-electron chi connectivity index (χ2n) is 4.66. The van der Waals surface area contributed by atoms with E-state index in [4.69, 9.17) is 5.73 Å². The van der Waals surface area contributed by atoms with Gasteiger partial charge in [-0.2, -0.15) is 0 Å². The zero-order chi connectivity index (χ0) is 13.0. The van der Waals surface area contributed by atoms with Gasteiger partial charge < -0.3 is 10.6 Å². The van der Waals surface area contributed by atoms with Gasteiger partial charge in [0.1, 0.15) is 5.82 Å². The molecule has 1 aromatic rings. The second kappa shape index (κ2) is 6.50. The number of piperazine rings is 1. The van der Waals surface area contributed by atoms with E-state index in [2.05, 4.69) is 43.7 Å². The molecule has 0 saturated carbocycles. The molecule has 4 nitrogen and oxygen atoms in total. The van der Waals surface area contributed by atoms with Crippen LogP contribution in [0.5, 0.6) is 0 Å². The van der Waals surface area contributed by atoms with Crippen LogP contribution >= 0.6 is 15.9 Å². The number of anilines is 1. The molecular formula is C13H21BrN4. The summed E-state index contributed by atoms with van der Waals surface area (Å²) in [6.45, 7) is 7.18. The number of hydrogen-bond acceptors (Lipinski definition) is 4. The van der Waals surface area contributed by atoms with Gasteiger partial charge in [0.25, 0.3) is 0 Å². The van der Waals surface area contributed by atoms with Gasteiger partial charge in [-0.05, 0) is 34.5 Å². The molecule has 2 N–H and O–H groups in total. The van der Waals surface area contributed by atoms with Crippen LogP contribution in [-0.2, 0) is 0 Å². The first-order valence-corrected chi connectivity index (χ1v) is 7.34. The van der Waals surface area contributed by atoms with E-state index in [9.17, 15) is 0 Å². The van der Waals surface area contributed by atoms with Gasteiger partial charge in [-0.1, -0.05) is 6.92 Å². The Morgan fingerprint density at radius 2 is 2.06 bits per heavy atom. The molecule has 1 aromatic heterocycles. The van der Waals surface area contributed by atoms with Crippen molar-refractivity contribution >= 4 is 21.7 Å². The summed E-state index contributed by atoms with van der Waals surface area (Å²) < 4.78 is 1.03. The standard InChI is InChI=1S/C13H21BrN4/c1-2-12(9-15)17-5-7-18(8-6-17)13-4-3-11(14)10-16-13/h3-4,10,12H,2,5-9,15H2,1H3. The number of hydrogen-bond donors (Lipinski definition) is 1. The second-order valence-corrected chi connectivity index (χ2v) is 5.57. The first-order valence-electron chi connectivity index (χ1n) is 6.55. The van der Waals surface area contributed by atoms with Crippen LogP contribution in [0, 0.1) is 0 Å². The van der Waals surface area contributed by atoms with Crippen molar-refractivity contribution in [3.63, 3.8) is 0 Å². The number of pyridine rings is 1. The Bertz CT molecular complexity index is 356. The first kappa shape index (κ1) is 13.8. The highest BCUT2D eigenvalue weighted by molar-refractivity contribution is 9.10. The summed E-state index contributed by atoms with van der Waals surface area (Å²) in [5, 5.41) is 0. The molecule has 18 heavy (non-hydrogen) atoms. The average Bonchev–Trinajstić information content (AvgIpc) is 2.42. The number of nitrogens with zero attached hydrogens (tertiary/aromatic N) is 3. The predicted molar refractivity (Wildman–Crippen MR) is 78.9 cm³/mol. The molecule has 1 saturated heterocycles. The third-order valence-electron chi connectivity index (χ3n) is 3.61. The van der Waals surface area contributed by atoms with Crippen molar-refractivity contribution in [1.82, 2.24) is 9.88 Å². The Morgan fingerprint density at radius 3 is 2.56 bits per heavy atom. The lowest BCUT2D eigenvalue weighted by molar-refractivity contribution is 0.184. The molecule has 1 atom stereocenters. The molecular weight excluding hydrogens is 292 g/mol. The summed E-state index contributed by atoms with van der Waals surface area (Å²) in [6, 6.07) is 4.65. The molecule has 0 spiro atoms. The number of rotatable bonds is 4. The highest BCUT2D eigenvalue weighted by atomic mass is 79.9. The van der Waals surface area contributed by atoms with Crippen molar-refractivity contribution in [3.8, 4) is 0 Å². The Kier molecular flexibility index (Phi) is 4.97. The molecule has 1 aliphatic rings. The quantitative estimate of drug-likeness (QED) is 0.919. The predicted octanol–water partition coefficient (Wildman–Crippen LogP) is 1.70. The molecule has 0 bridgehead atoms. The lowest BCUT2D eigenvalue weighted by Gasteiger charge is -2.39. The average molecular weight is 313 g/mol. The topological polar surface area (TPSA) is 45.4 Å². The van der Waals surface area contributed by atoms with Crippen LogP contribution in [0.4, 0.5) is 5.82 Å². The molecule has 5 heteroatoms. The van der Waals surface area contributed by atoms with Crippen molar-refractivity contribution in [3.05, 3.63) is 22.8 Å². The smallest absolute Gasteiger partial charge is 0.128 e. The van der Waals surface area contributed by atoms with Gasteiger partial charge >= 0.3 is 0 Å². The van der Waals surface area contributed by atoms with E-state index in [1.807, 2.05) is 12.3 Å². The van der Waals surface area contributed by atoms with Crippen LogP contribution in [0.15, 0.2) is 22.8 Å². The minimum absolute atomic E-state index is 0.532. The SMILES string of the molecule is CCC(CN)N1CCN(c2ccc(Br)cn2)CC1. The maximum absolute atomic E-state index is 5.80. The van der Waals surface area contributed by atoms with E-state index in [1.165, 1.54) is 0 Å². The van der Waals surface area contributed by atoms with Gasteiger partial charge in [-0.3, -0.25) is 4.90 Å². The van der Waals surface area contributed by atoms with E-state index < -0.39 is 0 Å². The Balaban J connectivity index is 1.92. The van der Waals surface area contributed by atoms with E-state index in [0.29, 0.717) is 6.04 Å². The molecule has 100 valence electrons. The Morgan fingerprint density at radius 1 is 1.33 bits per heavy atom. The summed E-state index contributed by atoms with van der Waals surface area (Å²) in [5.74, 6) is 1.07. The van der Waals surface area contributed by atoms with Crippen LogP contribution in [0.2, 0.25) is 0 Å². The summed E-state index contributed by atoms with van der Waals surface area (Å²) in [4.78, 5) is 9.28. The van der Waals surface area contributed by atoms with Gasteiger partial charge in [0, 0.05) is 49.4 Å². The monoisotopic (exact) mass is 312 g/mol. The van der Waals surface area contributed by atoms with Crippen molar-refractivity contribution in [2.75, 3.05) is 37.6 Å². The van der Waals surface area contributed by atoms with Gasteiger partial charge in [0.15, 0.2) is 0 Å². The van der Waals surface area contributed by atoms with Gasteiger partial charge in [-0.15, -0.1) is 0 Å². The van der Waals surface area contributed by atoms with Crippen LogP contribution in [0.3, 0.4) is 0 Å². The Labute approximate surface area is 117 Å². The highest BCUT2D eigenvalue weighted by Crippen LogP contribution is 2.17. The summed E-state index contributed by atoms with van der Waals surface area (Å²) >= 11 is 3.41. The summed E-state index contributed by atoms with van der Waals surface area (Å²) in [6.07, 6.45) is 2.99. The number of halogens is 1. The van der Waals surface area contributed by atoms with E-state index in [-0.39, 0.29) is 0 Å². The van der Waals surface area contributed by atoms with Crippen molar-refractivity contribution < 1.29 is 0 Å². The summed E-state index contributed by atoms with van der Waals surface area (Å²) in [5.41, 5.74) is 5.80.